The van der Waals surface area contributed by atoms with Crippen LogP contribution in [0, 0.1) is 5.92 Å². The number of carbonyl (C=O) groups is 1. The summed E-state index contributed by atoms with van der Waals surface area (Å²) in [6.45, 7) is 2.89. The van der Waals surface area contributed by atoms with E-state index in [-0.39, 0.29) is 36.5 Å². The molecular formula is C24H26N2O6S. The molecule has 8 nitrogen and oxygen atoms in total. The quantitative estimate of drug-likeness (QED) is 0.461. The molecule has 3 aromatic rings. The smallest absolute Gasteiger partial charge is 0.309 e. The van der Waals surface area contributed by atoms with Gasteiger partial charge >= 0.3 is 5.97 Å². The first-order chi connectivity index (χ1) is 16.0. The van der Waals surface area contributed by atoms with Crippen molar-refractivity contribution in [3.05, 3.63) is 66.4 Å². The number of nitrogens with zero attached hydrogens (tertiary/aromatic N) is 2. The summed E-state index contributed by atoms with van der Waals surface area (Å²) in [6, 6.07) is 17.7. The Labute approximate surface area is 193 Å². The first kappa shape index (κ1) is 23.0. The van der Waals surface area contributed by atoms with Gasteiger partial charge in [-0.05, 0) is 44.0 Å². The van der Waals surface area contributed by atoms with E-state index in [2.05, 4.69) is 5.16 Å². The van der Waals surface area contributed by atoms with Gasteiger partial charge in [0.1, 0.15) is 11.4 Å². The second-order valence-corrected chi connectivity index (χ2v) is 9.67. The van der Waals surface area contributed by atoms with Gasteiger partial charge < -0.3 is 14.0 Å². The van der Waals surface area contributed by atoms with Crippen molar-refractivity contribution in [1.82, 2.24) is 9.46 Å². The Morgan fingerprint density at radius 2 is 1.79 bits per heavy atom. The van der Waals surface area contributed by atoms with Crippen LogP contribution in [0.4, 0.5) is 0 Å². The Hall–Kier alpha value is -3.17. The number of benzene rings is 2. The molecule has 1 saturated heterocycles. The van der Waals surface area contributed by atoms with Crippen molar-refractivity contribution in [3.63, 3.8) is 0 Å². The van der Waals surface area contributed by atoms with E-state index in [0.717, 1.165) is 5.56 Å². The zero-order valence-electron chi connectivity index (χ0n) is 18.3. The van der Waals surface area contributed by atoms with Gasteiger partial charge in [-0.15, -0.1) is 0 Å². The molecule has 2 aromatic carbocycles. The highest BCUT2D eigenvalue weighted by Gasteiger charge is 2.33. The van der Waals surface area contributed by atoms with Crippen molar-refractivity contribution in [2.45, 2.75) is 31.3 Å². The second-order valence-electron chi connectivity index (χ2n) is 7.73. The second kappa shape index (κ2) is 10.2. The average Bonchev–Trinajstić information content (AvgIpc) is 3.33. The lowest BCUT2D eigenvalue weighted by Gasteiger charge is -2.30. The summed E-state index contributed by atoms with van der Waals surface area (Å²) in [5.41, 5.74) is 1.59. The van der Waals surface area contributed by atoms with E-state index in [9.17, 15) is 13.2 Å². The Morgan fingerprint density at radius 1 is 1.09 bits per heavy atom. The monoisotopic (exact) mass is 470 g/mol. The topological polar surface area (TPSA) is 98.9 Å². The standard InChI is InChI=1S/C24H26N2O6S/c1-2-30-20-8-10-22(11-9-20)33(28,29)26-14-12-19(13-15-26)24(27)31-17-21-16-23(25-32-21)18-6-4-3-5-7-18/h3-11,16,19H,2,12-15,17H2,1H3. The summed E-state index contributed by atoms with van der Waals surface area (Å²) in [5.74, 6) is 0.373. The zero-order chi connectivity index (χ0) is 23.3. The molecule has 174 valence electrons. The summed E-state index contributed by atoms with van der Waals surface area (Å²) in [7, 11) is -3.62. The third-order valence-corrected chi connectivity index (χ3v) is 7.46. The van der Waals surface area contributed by atoms with Crippen LogP contribution < -0.4 is 4.74 Å². The predicted molar refractivity (Wildman–Crippen MR) is 121 cm³/mol. The van der Waals surface area contributed by atoms with E-state index in [1.807, 2.05) is 37.3 Å². The number of esters is 1. The van der Waals surface area contributed by atoms with Gasteiger partial charge in [-0.25, -0.2) is 8.42 Å². The lowest BCUT2D eigenvalue weighted by atomic mass is 9.98. The first-order valence-corrected chi connectivity index (χ1v) is 12.3. The van der Waals surface area contributed by atoms with Crippen LogP contribution >= 0.6 is 0 Å². The molecule has 33 heavy (non-hydrogen) atoms. The van der Waals surface area contributed by atoms with E-state index in [1.54, 1.807) is 30.3 Å². The summed E-state index contributed by atoms with van der Waals surface area (Å²) < 4.78 is 43.3. The Balaban J connectivity index is 1.28. The number of ether oxygens (including phenoxy) is 2. The van der Waals surface area contributed by atoms with Crippen molar-refractivity contribution >= 4 is 16.0 Å². The predicted octanol–water partition coefficient (Wildman–Crippen LogP) is 3.88. The van der Waals surface area contributed by atoms with Crippen LogP contribution in [-0.4, -0.2) is 43.5 Å². The number of aromatic nitrogens is 1. The van der Waals surface area contributed by atoms with Gasteiger partial charge in [0.15, 0.2) is 12.4 Å². The fourth-order valence-corrected chi connectivity index (χ4v) is 5.21. The lowest BCUT2D eigenvalue weighted by molar-refractivity contribution is -0.151. The van der Waals surface area contributed by atoms with Crippen molar-refractivity contribution in [1.29, 1.82) is 0 Å². The molecule has 0 radical (unpaired) electrons. The highest BCUT2D eigenvalue weighted by atomic mass is 32.2. The molecule has 0 saturated carbocycles. The van der Waals surface area contributed by atoms with Gasteiger partial charge in [-0.2, -0.15) is 4.31 Å². The molecule has 4 rings (SSSR count). The van der Waals surface area contributed by atoms with Crippen LogP contribution in [-0.2, 0) is 26.2 Å². The minimum Gasteiger partial charge on any atom is -0.494 e. The average molecular weight is 471 g/mol. The molecule has 0 amide bonds. The van der Waals surface area contributed by atoms with Gasteiger partial charge in [0.25, 0.3) is 0 Å². The van der Waals surface area contributed by atoms with Crippen LogP contribution in [0.5, 0.6) is 5.75 Å². The molecule has 0 unspecified atom stereocenters. The van der Waals surface area contributed by atoms with E-state index in [4.69, 9.17) is 14.0 Å². The summed E-state index contributed by atoms with van der Waals surface area (Å²) in [6.07, 6.45) is 0.807. The molecular weight excluding hydrogens is 444 g/mol. The molecule has 2 heterocycles. The summed E-state index contributed by atoms with van der Waals surface area (Å²) >= 11 is 0. The van der Waals surface area contributed by atoms with Crippen LogP contribution in [0.1, 0.15) is 25.5 Å². The first-order valence-electron chi connectivity index (χ1n) is 10.9. The van der Waals surface area contributed by atoms with Crippen LogP contribution in [0.2, 0.25) is 0 Å². The highest BCUT2D eigenvalue weighted by Crippen LogP contribution is 2.26. The Morgan fingerprint density at radius 3 is 2.45 bits per heavy atom. The zero-order valence-corrected chi connectivity index (χ0v) is 19.2. The molecule has 1 aromatic heterocycles. The Bertz CT molecular complexity index is 1170. The number of sulfonamides is 1. The molecule has 0 aliphatic carbocycles. The minimum absolute atomic E-state index is 0.0106. The molecule has 0 N–H and O–H groups in total. The van der Waals surface area contributed by atoms with Gasteiger partial charge in [-0.3, -0.25) is 4.79 Å². The fourth-order valence-electron chi connectivity index (χ4n) is 3.74. The molecule has 1 aliphatic heterocycles. The molecule has 9 heteroatoms. The Kier molecular flexibility index (Phi) is 7.10. The highest BCUT2D eigenvalue weighted by molar-refractivity contribution is 7.89. The molecule has 0 spiro atoms. The van der Waals surface area contributed by atoms with Gasteiger partial charge in [0.2, 0.25) is 10.0 Å². The fraction of sp³-hybridized carbons (Fsp3) is 0.333. The number of hydrogen-bond acceptors (Lipinski definition) is 7. The van der Waals surface area contributed by atoms with E-state index in [0.29, 0.717) is 36.7 Å². The maximum Gasteiger partial charge on any atom is 0.309 e. The van der Waals surface area contributed by atoms with Crippen molar-refractivity contribution < 1.29 is 27.2 Å². The third kappa shape index (κ3) is 5.43. The number of piperidine rings is 1. The largest absolute Gasteiger partial charge is 0.494 e. The van der Waals surface area contributed by atoms with Crippen LogP contribution in [0.25, 0.3) is 11.3 Å². The normalized spacial score (nSPS) is 15.3. The molecule has 1 aliphatic rings. The number of hydrogen-bond donors (Lipinski definition) is 0. The van der Waals surface area contributed by atoms with Crippen molar-refractivity contribution in [3.8, 4) is 17.0 Å². The van der Waals surface area contributed by atoms with Crippen LogP contribution in [0.3, 0.4) is 0 Å². The summed E-state index contributed by atoms with van der Waals surface area (Å²) in [4.78, 5) is 12.7. The van der Waals surface area contributed by atoms with Gasteiger partial charge in [0, 0.05) is 24.7 Å². The lowest BCUT2D eigenvalue weighted by Crippen LogP contribution is -2.40. The maximum atomic E-state index is 12.9. The van der Waals surface area contributed by atoms with Crippen molar-refractivity contribution in [2.75, 3.05) is 19.7 Å². The number of carbonyl (C=O) groups excluding carboxylic acids is 1. The van der Waals surface area contributed by atoms with E-state index < -0.39 is 10.0 Å². The molecule has 0 bridgehead atoms. The van der Waals surface area contributed by atoms with Crippen molar-refractivity contribution in [2.24, 2.45) is 5.92 Å². The van der Waals surface area contributed by atoms with E-state index in [1.165, 1.54) is 4.31 Å². The van der Waals surface area contributed by atoms with Gasteiger partial charge in [0.05, 0.1) is 17.4 Å². The molecule has 0 atom stereocenters. The summed E-state index contributed by atoms with van der Waals surface area (Å²) in [5, 5.41) is 4.01. The van der Waals surface area contributed by atoms with Crippen LogP contribution in [0.15, 0.2) is 70.1 Å². The SMILES string of the molecule is CCOc1ccc(S(=O)(=O)N2CCC(C(=O)OCc3cc(-c4ccccc4)no3)CC2)cc1. The maximum absolute atomic E-state index is 12.9. The third-order valence-electron chi connectivity index (χ3n) is 5.54. The minimum atomic E-state index is -3.62. The van der Waals surface area contributed by atoms with Gasteiger partial charge in [-0.1, -0.05) is 35.5 Å². The number of rotatable bonds is 8. The van der Waals surface area contributed by atoms with E-state index >= 15 is 0 Å². The molecule has 1 fully saturated rings.